The first-order chi connectivity index (χ1) is 10.6. The Hall–Kier alpha value is -1.91. The first kappa shape index (κ1) is 16.5. The highest BCUT2D eigenvalue weighted by Crippen LogP contribution is 2.21. The van der Waals surface area contributed by atoms with E-state index in [1.807, 2.05) is 36.1 Å². The zero-order chi connectivity index (χ0) is 15.9. The van der Waals surface area contributed by atoms with Crippen molar-refractivity contribution in [3.05, 3.63) is 24.3 Å². The van der Waals surface area contributed by atoms with E-state index in [0.29, 0.717) is 24.2 Å². The molecule has 2 rings (SSSR count). The van der Waals surface area contributed by atoms with Gasteiger partial charge in [-0.25, -0.2) is 4.79 Å². The van der Waals surface area contributed by atoms with Crippen LogP contribution in [0.1, 0.15) is 27.2 Å². The van der Waals surface area contributed by atoms with Crippen molar-refractivity contribution in [3.8, 4) is 11.5 Å². The van der Waals surface area contributed by atoms with Gasteiger partial charge in [-0.15, -0.1) is 0 Å². The molecule has 0 bridgehead atoms. The second-order valence-electron chi connectivity index (χ2n) is 6.03. The predicted molar refractivity (Wildman–Crippen MR) is 86.2 cm³/mol. The Labute approximate surface area is 132 Å². The van der Waals surface area contributed by atoms with Crippen LogP contribution < -0.4 is 14.8 Å². The van der Waals surface area contributed by atoms with Crippen LogP contribution in [0.4, 0.5) is 4.79 Å². The van der Waals surface area contributed by atoms with Crippen LogP contribution >= 0.6 is 0 Å². The number of likely N-dealkylation sites (tertiary alicyclic amines) is 1. The Bertz CT molecular complexity index is 465. The summed E-state index contributed by atoms with van der Waals surface area (Å²) in [4.78, 5) is 14.0. The van der Waals surface area contributed by atoms with Crippen molar-refractivity contribution in [2.75, 3.05) is 26.4 Å². The summed E-state index contributed by atoms with van der Waals surface area (Å²) in [5.74, 6) is 2.64. The standard InChI is InChI=1S/C17H26N2O3/c1-4-21-15-5-7-16(8-6-15)22-12-18-17(20)19-10-13(2)9-14(3)11-19/h5-8,13-14H,4,9-12H2,1-3H3,(H,18,20). The van der Waals surface area contributed by atoms with E-state index >= 15 is 0 Å². The molecular formula is C17H26N2O3. The lowest BCUT2D eigenvalue weighted by molar-refractivity contribution is 0.139. The van der Waals surface area contributed by atoms with Crippen molar-refractivity contribution in [1.82, 2.24) is 10.2 Å². The average Bonchev–Trinajstić information content (AvgIpc) is 2.48. The number of hydrogen-bond acceptors (Lipinski definition) is 3. The van der Waals surface area contributed by atoms with Gasteiger partial charge in [0.05, 0.1) is 6.61 Å². The summed E-state index contributed by atoms with van der Waals surface area (Å²) in [6.45, 7) is 8.77. The number of hydrogen-bond donors (Lipinski definition) is 1. The Balaban J connectivity index is 1.74. The minimum absolute atomic E-state index is 0.0515. The summed E-state index contributed by atoms with van der Waals surface area (Å²) in [6.07, 6.45) is 1.19. The molecule has 1 heterocycles. The van der Waals surface area contributed by atoms with Crippen LogP contribution in [0.3, 0.4) is 0 Å². The van der Waals surface area contributed by atoms with E-state index in [1.165, 1.54) is 6.42 Å². The van der Waals surface area contributed by atoms with E-state index in [9.17, 15) is 4.79 Å². The lowest BCUT2D eigenvalue weighted by Crippen LogP contribution is -2.48. The minimum Gasteiger partial charge on any atom is -0.494 e. The highest BCUT2D eigenvalue weighted by Gasteiger charge is 2.25. The van der Waals surface area contributed by atoms with Gasteiger partial charge in [0.15, 0.2) is 6.73 Å². The van der Waals surface area contributed by atoms with Crippen LogP contribution in [0, 0.1) is 11.8 Å². The molecule has 2 amide bonds. The topological polar surface area (TPSA) is 50.8 Å². The second-order valence-corrected chi connectivity index (χ2v) is 6.03. The van der Waals surface area contributed by atoms with Gasteiger partial charge in [0.2, 0.25) is 0 Å². The first-order valence-corrected chi connectivity index (χ1v) is 7.97. The maximum Gasteiger partial charge on any atom is 0.320 e. The molecular weight excluding hydrogens is 280 g/mol. The van der Waals surface area contributed by atoms with Crippen LogP contribution in [-0.4, -0.2) is 37.4 Å². The number of nitrogens with one attached hydrogen (secondary N) is 1. The number of carbonyl (C=O) groups excluding carboxylic acids is 1. The van der Waals surface area contributed by atoms with E-state index in [1.54, 1.807) is 0 Å². The third kappa shape index (κ3) is 4.83. The van der Waals surface area contributed by atoms with Gasteiger partial charge in [0.1, 0.15) is 11.5 Å². The molecule has 1 saturated heterocycles. The number of urea groups is 1. The number of carbonyl (C=O) groups is 1. The molecule has 1 fully saturated rings. The third-order valence-corrected chi connectivity index (χ3v) is 3.75. The Kier molecular flexibility index (Phi) is 5.92. The summed E-state index contributed by atoms with van der Waals surface area (Å²) in [6, 6.07) is 7.33. The monoisotopic (exact) mass is 306 g/mol. The smallest absolute Gasteiger partial charge is 0.320 e. The molecule has 122 valence electrons. The van der Waals surface area contributed by atoms with Crippen LogP contribution in [0.5, 0.6) is 11.5 Å². The quantitative estimate of drug-likeness (QED) is 0.850. The van der Waals surface area contributed by atoms with Crippen LogP contribution in [0.25, 0.3) is 0 Å². The van der Waals surface area contributed by atoms with Gasteiger partial charge in [-0.2, -0.15) is 0 Å². The van der Waals surface area contributed by atoms with Crippen molar-refractivity contribution in [3.63, 3.8) is 0 Å². The Morgan fingerprint density at radius 1 is 1.14 bits per heavy atom. The largest absolute Gasteiger partial charge is 0.494 e. The van der Waals surface area contributed by atoms with Gasteiger partial charge < -0.3 is 19.7 Å². The number of rotatable bonds is 5. The van der Waals surface area contributed by atoms with Crippen molar-refractivity contribution in [2.45, 2.75) is 27.2 Å². The van der Waals surface area contributed by atoms with Crippen LogP contribution in [0.15, 0.2) is 24.3 Å². The molecule has 0 radical (unpaired) electrons. The molecule has 1 aliphatic rings. The Morgan fingerprint density at radius 2 is 1.68 bits per heavy atom. The van der Waals surface area contributed by atoms with Crippen molar-refractivity contribution in [2.24, 2.45) is 11.8 Å². The number of amides is 2. The number of piperidine rings is 1. The fourth-order valence-corrected chi connectivity index (χ4v) is 2.92. The van der Waals surface area contributed by atoms with Crippen molar-refractivity contribution < 1.29 is 14.3 Å². The highest BCUT2D eigenvalue weighted by molar-refractivity contribution is 5.74. The lowest BCUT2D eigenvalue weighted by Gasteiger charge is -2.34. The van der Waals surface area contributed by atoms with E-state index in [0.717, 1.165) is 18.8 Å². The zero-order valence-corrected chi connectivity index (χ0v) is 13.7. The molecule has 1 aromatic rings. The average molecular weight is 306 g/mol. The summed E-state index contributed by atoms with van der Waals surface area (Å²) in [5.41, 5.74) is 0. The fraction of sp³-hybridized carbons (Fsp3) is 0.588. The zero-order valence-electron chi connectivity index (χ0n) is 13.7. The van der Waals surface area contributed by atoms with E-state index < -0.39 is 0 Å². The van der Waals surface area contributed by atoms with Crippen LogP contribution in [0.2, 0.25) is 0 Å². The molecule has 1 aliphatic heterocycles. The van der Waals surface area contributed by atoms with Crippen LogP contribution in [-0.2, 0) is 0 Å². The molecule has 5 nitrogen and oxygen atoms in total. The fourth-order valence-electron chi connectivity index (χ4n) is 2.92. The first-order valence-electron chi connectivity index (χ1n) is 7.97. The summed E-state index contributed by atoms with van der Waals surface area (Å²) in [7, 11) is 0. The molecule has 22 heavy (non-hydrogen) atoms. The third-order valence-electron chi connectivity index (χ3n) is 3.75. The van der Waals surface area contributed by atoms with E-state index in [4.69, 9.17) is 9.47 Å². The van der Waals surface area contributed by atoms with Gasteiger partial charge in [0, 0.05) is 13.1 Å². The molecule has 0 saturated carbocycles. The van der Waals surface area contributed by atoms with Crippen molar-refractivity contribution >= 4 is 6.03 Å². The molecule has 2 atom stereocenters. The van der Waals surface area contributed by atoms with Gasteiger partial charge >= 0.3 is 6.03 Å². The molecule has 1 N–H and O–H groups in total. The summed E-state index contributed by atoms with van der Waals surface area (Å²) < 4.78 is 10.9. The van der Waals surface area contributed by atoms with Gasteiger partial charge in [-0.05, 0) is 49.4 Å². The Morgan fingerprint density at radius 3 is 2.23 bits per heavy atom. The highest BCUT2D eigenvalue weighted by atomic mass is 16.5. The molecule has 5 heteroatoms. The molecule has 2 unspecified atom stereocenters. The van der Waals surface area contributed by atoms with Crippen molar-refractivity contribution in [1.29, 1.82) is 0 Å². The number of benzene rings is 1. The SMILES string of the molecule is CCOc1ccc(OCNC(=O)N2CC(C)CC(C)C2)cc1. The van der Waals surface area contributed by atoms with E-state index in [-0.39, 0.29) is 12.8 Å². The van der Waals surface area contributed by atoms with E-state index in [2.05, 4.69) is 19.2 Å². The second kappa shape index (κ2) is 7.92. The lowest BCUT2D eigenvalue weighted by atomic mass is 9.92. The maximum absolute atomic E-state index is 12.1. The van der Waals surface area contributed by atoms with Gasteiger partial charge in [0.25, 0.3) is 0 Å². The summed E-state index contributed by atoms with van der Waals surface area (Å²) in [5, 5.41) is 2.82. The maximum atomic E-state index is 12.1. The summed E-state index contributed by atoms with van der Waals surface area (Å²) >= 11 is 0. The predicted octanol–water partition coefficient (Wildman–Crippen LogP) is 3.11. The number of ether oxygens (including phenoxy) is 2. The minimum atomic E-state index is -0.0515. The molecule has 0 spiro atoms. The molecule has 0 aliphatic carbocycles. The van der Waals surface area contributed by atoms with Gasteiger partial charge in [-0.1, -0.05) is 13.8 Å². The normalized spacial score (nSPS) is 21.3. The van der Waals surface area contributed by atoms with Gasteiger partial charge in [-0.3, -0.25) is 0 Å². The molecule has 1 aromatic carbocycles. The molecule has 0 aromatic heterocycles. The number of nitrogens with zero attached hydrogens (tertiary/aromatic N) is 1.